The molecule has 3 N–H and O–H groups in total. The topological polar surface area (TPSA) is 67.6 Å². The third-order valence-corrected chi connectivity index (χ3v) is 3.37. The minimum atomic E-state index is -0.329. The van der Waals surface area contributed by atoms with Crippen molar-refractivity contribution in [2.24, 2.45) is 5.84 Å². The van der Waals surface area contributed by atoms with Gasteiger partial charge in [-0.1, -0.05) is 19.1 Å². The van der Waals surface area contributed by atoms with Crippen LogP contribution in [0.3, 0.4) is 0 Å². The second-order valence-corrected chi connectivity index (χ2v) is 4.68. The molecule has 0 atom stereocenters. The predicted octanol–water partition coefficient (Wildman–Crippen LogP) is 1.15. The van der Waals surface area contributed by atoms with Gasteiger partial charge in [0.1, 0.15) is 12.4 Å². The fraction of sp³-hybridized carbons (Fsp3) is 0.500. The second kappa shape index (κ2) is 6.54. The van der Waals surface area contributed by atoms with Gasteiger partial charge in [0, 0.05) is 12.6 Å². The van der Waals surface area contributed by atoms with Gasteiger partial charge in [-0.25, -0.2) is 5.84 Å². The predicted molar refractivity (Wildman–Crippen MR) is 73.9 cm³/mol. The van der Waals surface area contributed by atoms with Crippen LogP contribution in [-0.2, 0) is 0 Å². The fourth-order valence-corrected chi connectivity index (χ4v) is 2.17. The van der Waals surface area contributed by atoms with Gasteiger partial charge in [-0.2, -0.15) is 0 Å². The van der Waals surface area contributed by atoms with E-state index in [2.05, 4.69) is 17.2 Å². The molecule has 1 aromatic carbocycles. The Kier molecular flexibility index (Phi) is 4.76. The number of para-hydroxylation sites is 1. The Morgan fingerprint density at radius 2 is 2.21 bits per heavy atom. The van der Waals surface area contributed by atoms with E-state index in [0.717, 1.165) is 19.1 Å². The van der Waals surface area contributed by atoms with Gasteiger partial charge in [0.05, 0.1) is 5.56 Å². The van der Waals surface area contributed by atoms with Gasteiger partial charge in [-0.05, 0) is 31.5 Å². The molecule has 0 aliphatic heterocycles. The molecule has 19 heavy (non-hydrogen) atoms. The molecule has 0 unspecified atom stereocenters. The Hall–Kier alpha value is -1.59. The highest BCUT2D eigenvalue weighted by molar-refractivity contribution is 5.96. The summed E-state index contributed by atoms with van der Waals surface area (Å²) in [5, 5.41) is 0. The fourth-order valence-electron chi connectivity index (χ4n) is 2.17. The van der Waals surface area contributed by atoms with Crippen molar-refractivity contribution in [3.8, 4) is 5.75 Å². The number of hydrazine groups is 1. The summed E-state index contributed by atoms with van der Waals surface area (Å²) >= 11 is 0. The van der Waals surface area contributed by atoms with E-state index in [4.69, 9.17) is 10.6 Å². The van der Waals surface area contributed by atoms with Crippen molar-refractivity contribution in [3.63, 3.8) is 0 Å². The number of rotatable bonds is 7. The molecule has 104 valence electrons. The highest BCUT2D eigenvalue weighted by Crippen LogP contribution is 2.26. The number of ether oxygens (including phenoxy) is 1. The molecule has 0 spiro atoms. The molecular formula is C14H21N3O2. The minimum Gasteiger partial charge on any atom is -0.491 e. The van der Waals surface area contributed by atoms with Crippen LogP contribution in [0.2, 0.25) is 0 Å². The number of hydrogen-bond donors (Lipinski definition) is 2. The molecule has 1 aliphatic rings. The van der Waals surface area contributed by atoms with E-state index in [1.165, 1.54) is 12.8 Å². The summed E-state index contributed by atoms with van der Waals surface area (Å²) in [4.78, 5) is 14.0. The zero-order valence-electron chi connectivity index (χ0n) is 11.3. The SMILES string of the molecule is CCN(CCOc1ccccc1C(=O)NN)C1CC1. The summed E-state index contributed by atoms with van der Waals surface area (Å²) in [6.45, 7) is 4.67. The lowest BCUT2D eigenvalue weighted by Gasteiger charge is -2.20. The molecular weight excluding hydrogens is 242 g/mol. The number of likely N-dealkylation sites (N-methyl/N-ethyl adjacent to an activating group) is 1. The molecule has 0 aromatic heterocycles. The maximum absolute atomic E-state index is 11.6. The second-order valence-electron chi connectivity index (χ2n) is 4.68. The van der Waals surface area contributed by atoms with E-state index in [-0.39, 0.29) is 5.91 Å². The van der Waals surface area contributed by atoms with E-state index in [1.807, 2.05) is 6.07 Å². The van der Waals surface area contributed by atoms with Gasteiger partial charge in [0.25, 0.3) is 5.91 Å². The number of nitrogen functional groups attached to an aromatic ring is 1. The van der Waals surface area contributed by atoms with Crippen LogP contribution in [0.25, 0.3) is 0 Å². The van der Waals surface area contributed by atoms with E-state index < -0.39 is 0 Å². The van der Waals surface area contributed by atoms with Gasteiger partial charge >= 0.3 is 0 Å². The van der Waals surface area contributed by atoms with Crippen LogP contribution < -0.4 is 16.0 Å². The Bertz CT molecular complexity index is 432. The van der Waals surface area contributed by atoms with Crippen LogP contribution in [0.1, 0.15) is 30.1 Å². The Labute approximate surface area is 113 Å². The quantitative estimate of drug-likeness (QED) is 0.440. The number of carbonyl (C=O) groups excluding carboxylic acids is 1. The van der Waals surface area contributed by atoms with E-state index >= 15 is 0 Å². The zero-order chi connectivity index (χ0) is 13.7. The summed E-state index contributed by atoms with van der Waals surface area (Å²) in [6, 6.07) is 7.87. The Balaban J connectivity index is 1.89. The molecule has 1 fully saturated rings. The smallest absolute Gasteiger partial charge is 0.268 e. The number of benzene rings is 1. The van der Waals surface area contributed by atoms with Crippen LogP contribution in [-0.4, -0.2) is 36.5 Å². The normalized spacial score (nSPS) is 14.5. The van der Waals surface area contributed by atoms with Gasteiger partial charge < -0.3 is 4.74 Å². The van der Waals surface area contributed by atoms with E-state index in [0.29, 0.717) is 17.9 Å². The van der Waals surface area contributed by atoms with Crippen molar-refractivity contribution in [2.75, 3.05) is 19.7 Å². The standard InChI is InChI=1S/C14H21N3O2/c1-2-17(11-7-8-11)9-10-19-13-6-4-3-5-12(13)14(18)16-15/h3-6,11H,2,7-10,15H2,1H3,(H,16,18). The van der Waals surface area contributed by atoms with E-state index in [1.54, 1.807) is 18.2 Å². The summed E-state index contributed by atoms with van der Waals surface area (Å²) < 4.78 is 5.71. The average Bonchev–Trinajstić information content (AvgIpc) is 3.28. The summed E-state index contributed by atoms with van der Waals surface area (Å²) in [6.07, 6.45) is 2.58. The van der Waals surface area contributed by atoms with Crippen molar-refractivity contribution >= 4 is 5.91 Å². The number of carbonyl (C=O) groups is 1. The third-order valence-electron chi connectivity index (χ3n) is 3.37. The van der Waals surface area contributed by atoms with Crippen LogP contribution in [0.4, 0.5) is 0 Å². The third kappa shape index (κ3) is 3.68. The number of hydrogen-bond acceptors (Lipinski definition) is 4. The van der Waals surface area contributed by atoms with Gasteiger partial charge in [0.15, 0.2) is 0 Å². The highest BCUT2D eigenvalue weighted by Gasteiger charge is 2.27. The summed E-state index contributed by atoms with van der Waals surface area (Å²) in [5.41, 5.74) is 2.60. The lowest BCUT2D eigenvalue weighted by atomic mass is 10.2. The van der Waals surface area contributed by atoms with Crippen LogP contribution in [0.15, 0.2) is 24.3 Å². The van der Waals surface area contributed by atoms with Crippen LogP contribution in [0.5, 0.6) is 5.75 Å². The molecule has 1 aromatic rings. The molecule has 0 radical (unpaired) electrons. The number of nitrogens with zero attached hydrogens (tertiary/aromatic N) is 1. The first-order valence-corrected chi connectivity index (χ1v) is 6.73. The molecule has 2 rings (SSSR count). The van der Waals surface area contributed by atoms with Gasteiger partial charge in [0.2, 0.25) is 0 Å². The van der Waals surface area contributed by atoms with Crippen molar-refractivity contribution in [1.82, 2.24) is 10.3 Å². The molecule has 0 heterocycles. The van der Waals surface area contributed by atoms with E-state index in [9.17, 15) is 4.79 Å². The van der Waals surface area contributed by atoms with Gasteiger partial charge in [-0.3, -0.25) is 15.1 Å². The lowest BCUT2D eigenvalue weighted by Crippen LogP contribution is -2.32. The lowest BCUT2D eigenvalue weighted by molar-refractivity contribution is 0.0948. The maximum Gasteiger partial charge on any atom is 0.268 e. The maximum atomic E-state index is 11.6. The van der Waals surface area contributed by atoms with Crippen LogP contribution >= 0.6 is 0 Å². The van der Waals surface area contributed by atoms with Crippen LogP contribution in [0, 0.1) is 0 Å². The average molecular weight is 263 g/mol. The first-order chi connectivity index (χ1) is 9.26. The molecule has 5 nitrogen and oxygen atoms in total. The molecule has 0 bridgehead atoms. The van der Waals surface area contributed by atoms with Crippen molar-refractivity contribution in [3.05, 3.63) is 29.8 Å². The monoisotopic (exact) mass is 263 g/mol. The molecule has 1 amide bonds. The van der Waals surface area contributed by atoms with Crippen molar-refractivity contribution in [1.29, 1.82) is 0 Å². The first-order valence-electron chi connectivity index (χ1n) is 6.73. The van der Waals surface area contributed by atoms with Crippen molar-refractivity contribution < 1.29 is 9.53 Å². The first kappa shape index (κ1) is 13.8. The molecule has 5 heteroatoms. The summed E-state index contributed by atoms with van der Waals surface area (Å²) in [7, 11) is 0. The largest absolute Gasteiger partial charge is 0.491 e. The molecule has 0 saturated heterocycles. The van der Waals surface area contributed by atoms with Gasteiger partial charge in [-0.15, -0.1) is 0 Å². The Morgan fingerprint density at radius 3 is 2.84 bits per heavy atom. The summed E-state index contributed by atoms with van der Waals surface area (Å²) in [5.74, 6) is 5.41. The number of nitrogens with two attached hydrogens (primary N) is 1. The van der Waals surface area contributed by atoms with Crippen molar-refractivity contribution in [2.45, 2.75) is 25.8 Å². The number of nitrogens with one attached hydrogen (secondary N) is 1. The Morgan fingerprint density at radius 1 is 1.47 bits per heavy atom. The number of amides is 1. The molecule has 1 aliphatic carbocycles. The zero-order valence-corrected chi connectivity index (χ0v) is 11.3. The highest BCUT2D eigenvalue weighted by atomic mass is 16.5. The minimum absolute atomic E-state index is 0.329. The molecule has 1 saturated carbocycles.